The van der Waals surface area contributed by atoms with E-state index in [1.807, 2.05) is 6.92 Å². The standard InChI is InChI=1S/C15H27N3O2/c1-3-5-9-12(16)13-17-14(18-20-13)15(19-4-2)10-7-6-8-11-15/h12H,3-11,16H2,1-2H3. The first kappa shape index (κ1) is 15.4. The SMILES string of the molecule is CCCCC(N)c1nc(C2(OCC)CCCCC2)no1. The third-order valence-corrected chi connectivity index (χ3v) is 4.12. The molecule has 1 saturated carbocycles. The lowest BCUT2D eigenvalue weighted by Crippen LogP contribution is -2.33. The molecule has 1 aromatic rings. The number of aromatic nitrogens is 2. The molecule has 1 aliphatic rings. The van der Waals surface area contributed by atoms with Gasteiger partial charge in [0.1, 0.15) is 5.60 Å². The zero-order valence-corrected chi connectivity index (χ0v) is 12.7. The maximum absolute atomic E-state index is 6.10. The molecule has 1 aromatic heterocycles. The predicted octanol–water partition coefficient (Wildman–Crippen LogP) is 3.46. The second kappa shape index (κ2) is 7.18. The highest BCUT2D eigenvalue weighted by Gasteiger charge is 2.39. The van der Waals surface area contributed by atoms with Crippen LogP contribution in [0.5, 0.6) is 0 Å². The fraction of sp³-hybridized carbons (Fsp3) is 0.867. The van der Waals surface area contributed by atoms with Crippen molar-refractivity contribution in [3.05, 3.63) is 11.7 Å². The molecule has 0 saturated heterocycles. The Morgan fingerprint density at radius 2 is 2.05 bits per heavy atom. The highest BCUT2D eigenvalue weighted by atomic mass is 16.5. The van der Waals surface area contributed by atoms with E-state index in [4.69, 9.17) is 15.0 Å². The van der Waals surface area contributed by atoms with Crippen LogP contribution < -0.4 is 5.73 Å². The van der Waals surface area contributed by atoms with E-state index in [1.165, 1.54) is 6.42 Å². The fourth-order valence-corrected chi connectivity index (χ4v) is 2.95. The summed E-state index contributed by atoms with van der Waals surface area (Å²) >= 11 is 0. The van der Waals surface area contributed by atoms with Gasteiger partial charge in [-0.2, -0.15) is 4.98 Å². The molecule has 20 heavy (non-hydrogen) atoms. The molecule has 114 valence electrons. The molecule has 0 radical (unpaired) electrons. The molecule has 2 N–H and O–H groups in total. The summed E-state index contributed by atoms with van der Waals surface area (Å²) in [6.45, 7) is 4.84. The lowest BCUT2D eigenvalue weighted by Gasteiger charge is -2.33. The minimum absolute atomic E-state index is 0.154. The predicted molar refractivity (Wildman–Crippen MR) is 77.1 cm³/mol. The van der Waals surface area contributed by atoms with Crippen molar-refractivity contribution < 1.29 is 9.26 Å². The van der Waals surface area contributed by atoms with Crippen molar-refractivity contribution in [3.8, 4) is 0 Å². The Morgan fingerprint density at radius 1 is 1.30 bits per heavy atom. The van der Waals surface area contributed by atoms with E-state index in [9.17, 15) is 0 Å². The van der Waals surface area contributed by atoms with E-state index in [0.717, 1.165) is 44.9 Å². The molecule has 0 amide bonds. The van der Waals surface area contributed by atoms with E-state index in [1.54, 1.807) is 0 Å². The molecule has 0 bridgehead atoms. The van der Waals surface area contributed by atoms with E-state index in [-0.39, 0.29) is 11.6 Å². The van der Waals surface area contributed by atoms with Gasteiger partial charge in [0.25, 0.3) is 0 Å². The molecule has 5 nitrogen and oxygen atoms in total. The minimum atomic E-state index is -0.348. The zero-order valence-electron chi connectivity index (χ0n) is 12.7. The summed E-state index contributed by atoms with van der Waals surface area (Å²) in [4.78, 5) is 4.55. The third-order valence-electron chi connectivity index (χ3n) is 4.12. The first-order chi connectivity index (χ1) is 9.72. The largest absolute Gasteiger partial charge is 0.367 e. The van der Waals surface area contributed by atoms with Gasteiger partial charge in [-0.3, -0.25) is 0 Å². The number of nitrogens with zero attached hydrogens (tertiary/aromatic N) is 2. The second-order valence-electron chi connectivity index (χ2n) is 5.69. The summed E-state index contributed by atoms with van der Waals surface area (Å²) in [5.74, 6) is 1.25. The van der Waals surface area contributed by atoms with Crippen LogP contribution in [0.25, 0.3) is 0 Å². The van der Waals surface area contributed by atoms with Crippen LogP contribution in [-0.4, -0.2) is 16.7 Å². The van der Waals surface area contributed by atoms with Crippen LogP contribution in [0, 0.1) is 0 Å². The molecule has 0 spiro atoms. The van der Waals surface area contributed by atoms with Crippen molar-refractivity contribution in [3.63, 3.8) is 0 Å². The summed E-state index contributed by atoms with van der Waals surface area (Å²) in [5, 5.41) is 4.17. The fourth-order valence-electron chi connectivity index (χ4n) is 2.95. The summed E-state index contributed by atoms with van der Waals surface area (Å²) in [6, 6.07) is -0.154. The molecule has 5 heteroatoms. The highest BCUT2D eigenvalue weighted by Crippen LogP contribution is 2.39. The van der Waals surface area contributed by atoms with Crippen molar-refractivity contribution in [2.45, 2.75) is 76.9 Å². The molecule has 1 aliphatic carbocycles. The Labute approximate surface area is 121 Å². The molecule has 0 aliphatic heterocycles. The van der Waals surface area contributed by atoms with Gasteiger partial charge in [-0.25, -0.2) is 0 Å². The normalized spacial score (nSPS) is 19.9. The lowest BCUT2D eigenvalue weighted by molar-refractivity contribution is -0.0777. The van der Waals surface area contributed by atoms with Crippen molar-refractivity contribution in [2.75, 3.05) is 6.61 Å². The maximum Gasteiger partial charge on any atom is 0.243 e. The van der Waals surface area contributed by atoms with E-state index < -0.39 is 0 Å². The van der Waals surface area contributed by atoms with Gasteiger partial charge in [0.05, 0.1) is 6.04 Å². The van der Waals surface area contributed by atoms with Crippen LogP contribution in [0.4, 0.5) is 0 Å². The molecule has 2 rings (SSSR count). The van der Waals surface area contributed by atoms with Crippen LogP contribution in [-0.2, 0) is 10.3 Å². The first-order valence-electron chi connectivity index (χ1n) is 7.95. The van der Waals surface area contributed by atoms with Crippen molar-refractivity contribution in [1.29, 1.82) is 0 Å². The molecular formula is C15H27N3O2. The summed E-state index contributed by atoms with van der Waals surface area (Å²) in [6.07, 6.45) is 8.62. The zero-order chi connectivity index (χ0) is 14.4. The number of hydrogen-bond acceptors (Lipinski definition) is 5. The molecule has 1 atom stereocenters. The average molecular weight is 281 g/mol. The van der Waals surface area contributed by atoms with E-state index in [0.29, 0.717) is 18.3 Å². The van der Waals surface area contributed by atoms with Crippen LogP contribution in [0.3, 0.4) is 0 Å². The Kier molecular flexibility index (Phi) is 5.54. The van der Waals surface area contributed by atoms with Crippen LogP contribution >= 0.6 is 0 Å². The summed E-state index contributed by atoms with van der Waals surface area (Å²) < 4.78 is 11.4. The van der Waals surface area contributed by atoms with Gasteiger partial charge in [0, 0.05) is 6.61 Å². The monoisotopic (exact) mass is 281 g/mol. The van der Waals surface area contributed by atoms with Gasteiger partial charge in [-0.15, -0.1) is 0 Å². The quantitative estimate of drug-likeness (QED) is 0.828. The Bertz CT molecular complexity index is 394. The number of ether oxygens (including phenoxy) is 1. The third kappa shape index (κ3) is 3.38. The number of unbranched alkanes of at least 4 members (excludes halogenated alkanes) is 1. The highest BCUT2D eigenvalue weighted by molar-refractivity contribution is 5.04. The molecule has 1 heterocycles. The first-order valence-corrected chi connectivity index (χ1v) is 7.95. The number of hydrogen-bond donors (Lipinski definition) is 1. The summed E-state index contributed by atoms with van der Waals surface area (Å²) in [5.41, 5.74) is 5.76. The minimum Gasteiger partial charge on any atom is -0.367 e. The van der Waals surface area contributed by atoms with Gasteiger partial charge in [0.15, 0.2) is 0 Å². The van der Waals surface area contributed by atoms with Gasteiger partial charge in [0.2, 0.25) is 11.7 Å². The van der Waals surface area contributed by atoms with E-state index >= 15 is 0 Å². The van der Waals surface area contributed by atoms with Gasteiger partial charge >= 0.3 is 0 Å². The van der Waals surface area contributed by atoms with Crippen LogP contribution in [0.15, 0.2) is 4.52 Å². The second-order valence-corrected chi connectivity index (χ2v) is 5.69. The van der Waals surface area contributed by atoms with Crippen molar-refractivity contribution >= 4 is 0 Å². The topological polar surface area (TPSA) is 74.2 Å². The van der Waals surface area contributed by atoms with Crippen LogP contribution in [0.2, 0.25) is 0 Å². The van der Waals surface area contributed by atoms with Gasteiger partial charge < -0.3 is 15.0 Å². The number of nitrogens with two attached hydrogens (primary N) is 1. The smallest absolute Gasteiger partial charge is 0.243 e. The van der Waals surface area contributed by atoms with Crippen molar-refractivity contribution in [2.24, 2.45) is 5.73 Å². The van der Waals surface area contributed by atoms with Crippen molar-refractivity contribution in [1.82, 2.24) is 10.1 Å². The van der Waals surface area contributed by atoms with E-state index in [2.05, 4.69) is 17.1 Å². The van der Waals surface area contributed by atoms with Crippen LogP contribution in [0.1, 0.15) is 83.0 Å². The molecule has 0 aromatic carbocycles. The Balaban J connectivity index is 2.12. The van der Waals surface area contributed by atoms with Gasteiger partial charge in [-0.05, 0) is 26.2 Å². The lowest BCUT2D eigenvalue weighted by atomic mass is 9.84. The number of rotatable bonds is 7. The summed E-state index contributed by atoms with van der Waals surface area (Å²) in [7, 11) is 0. The molecule has 1 fully saturated rings. The van der Waals surface area contributed by atoms with Gasteiger partial charge in [-0.1, -0.05) is 44.2 Å². The Hall–Kier alpha value is -0.940. The molecular weight excluding hydrogens is 254 g/mol. The average Bonchev–Trinajstić information content (AvgIpc) is 2.96. The molecule has 1 unspecified atom stereocenters. The maximum atomic E-state index is 6.10. The Morgan fingerprint density at radius 3 is 2.70 bits per heavy atom.